The largest absolute Gasteiger partial charge is 0.497 e. The summed E-state index contributed by atoms with van der Waals surface area (Å²) in [6.07, 6.45) is -0.434. The zero-order valence-electron chi connectivity index (χ0n) is 21.2. The normalized spacial score (nSPS) is 11.6. The summed E-state index contributed by atoms with van der Waals surface area (Å²) in [6, 6.07) is 22.3. The SMILES string of the molecule is CCOC(=O)Cc1c(C(C)Oc2ccc(Cl)cc2)nn(-c2ccc(OC)cc2)c1-c1ccc(OC)cc1. The molecule has 1 atom stereocenters. The van der Waals surface area contributed by atoms with Crippen molar-refractivity contribution in [3.05, 3.63) is 89.1 Å². The van der Waals surface area contributed by atoms with Crippen LogP contribution in [0.2, 0.25) is 5.02 Å². The molecule has 0 fully saturated rings. The van der Waals surface area contributed by atoms with E-state index in [0.29, 0.717) is 16.5 Å². The summed E-state index contributed by atoms with van der Waals surface area (Å²) in [5.74, 6) is 1.76. The molecule has 0 saturated carbocycles. The van der Waals surface area contributed by atoms with E-state index in [4.69, 9.17) is 35.6 Å². The number of aromatic nitrogens is 2. The number of rotatable bonds is 10. The maximum Gasteiger partial charge on any atom is 0.310 e. The van der Waals surface area contributed by atoms with Gasteiger partial charge in [0.05, 0.1) is 38.6 Å². The van der Waals surface area contributed by atoms with Crippen molar-refractivity contribution in [2.24, 2.45) is 0 Å². The maximum absolute atomic E-state index is 12.7. The van der Waals surface area contributed by atoms with Crippen molar-refractivity contribution in [3.8, 4) is 34.2 Å². The van der Waals surface area contributed by atoms with E-state index in [0.717, 1.165) is 34.0 Å². The van der Waals surface area contributed by atoms with Gasteiger partial charge in [-0.1, -0.05) is 11.6 Å². The number of methoxy groups -OCH3 is 2. The Morgan fingerprint density at radius 3 is 2.03 bits per heavy atom. The van der Waals surface area contributed by atoms with Gasteiger partial charge in [0.25, 0.3) is 0 Å². The van der Waals surface area contributed by atoms with Crippen LogP contribution in [0.4, 0.5) is 0 Å². The Labute approximate surface area is 221 Å². The molecule has 1 aromatic heterocycles. The Hall–Kier alpha value is -3.97. The van der Waals surface area contributed by atoms with Crippen molar-refractivity contribution >= 4 is 17.6 Å². The van der Waals surface area contributed by atoms with Crippen molar-refractivity contribution in [2.75, 3.05) is 20.8 Å². The molecular formula is C29H29ClN2O5. The summed E-state index contributed by atoms with van der Waals surface area (Å²) in [5, 5.41) is 5.59. The van der Waals surface area contributed by atoms with Gasteiger partial charge in [-0.3, -0.25) is 4.79 Å². The van der Waals surface area contributed by atoms with Gasteiger partial charge >= 0.3 is 5.97 Å². The molecule has 1 heterocycles. The van der Waals surface area contributed by atoms with Crippen LogP contribution in [0.5, 0.6) is 17.2 Å². The lowest BCUT2D eigenvalue weighted by Gasteiger charge is -2.15. The van der Waals surface area contributed by atoms with Crippen LogP contribution >= 0.6 is 11.6 Å². The summed E-state index contributed by atoms with van der Waals surface area (Å²) in [6.45, 7) is 3.98. The lowest BCUT2D eigenvalue weighted by Crippen LogP contribution is -2.12. The summed E-state index contributed by atoms with van der Waals surface area (Å²) < 4.78 is 24.1. The topological polar surface area (TPSA) is 71.8 Å². The van der Waals surface area contributed by atoms with E-state index in [9.17, 15) is 4.79 Å². The second-order valence-electron chi connectivity index (χ2n) is 8.25. The zero-order valence-corrected chi connectivity index (χ0v) is 22.0. The molecular weight excluding hydrogens is 492 g/mol. The van der Waals surface area contributed by atoms with Crippen molar-refractivity contribution in [2.45, 2.75) is 26.4 Å². The number of hydrogen-bond acceptors (Lipinski definition) is 6. The van der Waals surface area contributed by atoms with E-state index in [2.05, 4.69) is 0 Å². The van der Waals surface area contributed by atoms with Crippen LogP contribution in [-0.2, 0) is 16.0 Å². The molecule has 3 aromatic carbocycles. The van der Waals surface area contributed by atoms with Gasteiger partial charge in [0.2, 0.25) is 0 Å². The smallest absolute Gasteiger partial charge is 0.310 e. The molecule has 0 aliphatic rings. The van der Waals surface area contributed by atoms with Gasteiger partial charge in [0.15, 0.2) is 0 Å². The molecule has 4 rings (SSSR count). The minimum Gasteiger partial charge on any atom is -0.497 e. The lowest BCUT2D eigenvalue weighted by molar-refractivity contribution is -0.142. The third-order valence-electron chi connectivity index (χ3n) is 5.83. The minimum atomic E-state index is -0.470. The van der Waals surface area contributed by atoms with Gasteiger partial charge in [0, 0.05) is 16.1 Å². The predicted octanol–water partition coefficient (Wildman–Crippen LogP) is 6.46. The molecule has 0 amide bonds. The molecule has 0 saturated heterocycles. The van der Waals surface area contributed by atoms with E-state index in [-0.39, 0.29) is 19.0 Å². The average Bonchev–Trinajstić information content (AvgIpc) is 3.29. The van der Waals surface area contributed by atoms with Crippen LogP contribution in [0.3, 0.4) is 0 Å². The molecule has 0 aliphatic carbocycles. The molecule has 0 N–H and O–H groups in total. The molecule has 4 aromatic rings. The summed E-state index contributed by atoms with van der Waals surface area (Å²) in [5.41, 5.74) is 3.79. The fraction of sp³-hybridized carbons (Fsp3) is 0.241. The third-order valence-corrected chi connectivity index (χ3v) is 6.09. The quantitative estimate of drug-likeness (QED) is 0.224. The highest BCUT2D eigenvalue weighted by molar-refractivity contribution is 6.30. The lowest BCUT2D eigenvalue weighted by atomic mass is 10.0. The predicted molar refractivity (Wildman–Crippen MR) is 143 cm³/mol. The van der Waals surface area contributed by atoms with E-state index in [1.54, 1.807) is 45.4 Å². The first-order chi connectivity index (χ1) is 17.9. The van der Waals surface area contributed by atoms with Crippen LogP contribution < -0.4 is 14.2 Å². The van der Waals surface area contributed by atoms with Crippen LogP contribution in [0.25, 0.3) is 16.9 Å². The van der Waals surface area contributed by atoms with Crippen molar-refractivity contribution in [3.63, 3.8) is 0 Å². The molecule has 0 bridgehead atoms. The Balaban J connectivity index is 1.88. The minimum absolute atomic E-state index is 0.0367. The fourth-order valence-electron chi connectivity index (χ4n) is 4.05. The monoisotopic (exact) mass is 520 g/mol. The molecule has 37 heavy (non-hydrogen) atoms. The van der Waals surface area contributed by atoms with E-state index in [1.807, 2.05) is 60.1 Å². The van der Waals surface area contributed by atoms with Crippen LogP contribution in [-0.4, -0.2) is 36.6 Å². The number of carbonyl (C=O) groups excluding carboxylic acids is 1. The number of carbonyl (C=O) groups is 1. The summed E-state index contributed by atoms with van der Waals surface area (Å²) in [7, 11) is 3.24. The molecule has 0 spiro atoms. The number of ether oxygens (including phenoxy) is 4. The van der Waals surface area contributed by atoms with Gasteiger partial charge in [-0.25, -0.2) is 4.68 Å². The standard InChI is InChI=1S/C29H29ClN2O5/c1-5-36-27(33)18-26-28(19(2)37-25-14-8-21(30)9-15-25)31-32(22-10-16-24(35-4)17-11-22)29(26)20-6-12-23(34-3)13-7-20/h6-17,19H,5,18H2,1-4H3. The van der Waals surface area contributed by atoms with Gasteiger partial charge < -0.3 is 18.9 Å². The van der Waals surface area contributed by atoms with Gasteiger partial charge in [0.1, 0.15) is 29.0 Å². The number of benzene rings is 3. The molecule has 0 aliphatic heterocycles. The highest BCUT2D eigenvalue weighted by atomic mass is 35.5. The molecule has 1 unspecified atom stereocenters. The average molecular weight is 521 g/mol. The molecule has 8 heteroatoms. The van der Waals surface area contributed by atoms with Crippen LogP contribution in [0.1, 0.15) is 31.2 Å². The third kappa shape index (κ3) is 6.06. The van der Waals surface area contributed by atoms with Gasteiger partial charge in [-0.05, 0) is 86.6 Å². The highest BCUT2D eigenvalue weighted by Gasteiger charge is 2.27. The van der Waals surface area contributed by atoms with Crippen LogP contribution in [0.15, 0.2) is 72.8 Å². The van der Waals surface area contributed by atoms with Crippen molar-refractivity contribution in [1.29, 1.82) is 0 Å². The Kier molecular flexibility index (Phi) is 8.36. The van der Waals surface area contributed by atoms with Gasteiger partial charge in [-0.2, -0.15) is 5.10 Å². The van der Waals surface area contributed by atoms with E-state index in [1.165, 1.54) is 0 Å². The molecule has 7 nitrogen and oxygen atoms in total. The van der Waals surface area contributed by atoms with Crippen molar-refractivity contribution in [1.82, 2.24) is 9.78 Å². The first-order valence-electron chi connectivity index (χ1n) is 11.9. The highest BCUT2D eigenvalue weighted by Crippen LogP contribution is 2.35. The fourth-order valence-corrected chi connectivity index (χ4v) is 4.18. The Morgan fingerprint density at radius 2 is 1.46 bits per heavy atom. The second-order valence-corrected chi connectivity index (χ2v) is 8.68. The molecule has 0 radical (unpaired) electrons. The zero-order chi connectivity index (χ0) is 26.4. The summed E-state index contributed by atoms with van der Waals surface area (Å²) in [4.78, 5) is 12.7. The van der Waals surface area contributed by atoms with E-state index >= 15 is 0 Å². The first kappa shape index (κ1) is 26.1. The maximum atomic E-state index is 12.7. The number of nitrogens with zero attached hydrogens (tertiary/aromatic N) is 2. The summed E-state index contributed by atoms with van der Waals surface area (Å²) >= 11 is 6.04. The Morgan fingerprint density at radius 1 is 0.892 bits per heavy atom. The number of esters is 1. The van der Waals surface area contributed by atoms with Crippen molar-refractivity contribution < 1.29 is 23.7 Å². The first-order valence-corrected chi connectivity index (χ1v) is 12.3. The molecule has 192 valence electrons. The second kappa shape index (κ2) is 11.8. The Bertz CT molecular complexity index is 1330. The number of hydrogen-bond donors (Lipinski definition) is 0. The van der Waals surface area contributed by atoms with E-state index < -0.39 is 6.10 Å². The van der Waals surface area contributed by atoms with Gasteiger partial charge in [-0.15, -0.1) is 0 Å². The van der Waals surface area contributed by atoms with Crippen LogP contribution in [0, 0.1) is 0 Å². The number of halogens is 1.